The zero-order valence-electron chi connectivity index (χ0n) is 11.7. The molecule has 1 atom stereocenters. The molecule has 1 aromatic rings. The number of nitrogens with zero attached hydrogens (tertiary/aromatic N) is 1. The smallest absolute Gasteiger partial charge is 0.239 e. The predicted molar refractivity (Wildman–Crippen MR) is 74.4 cm³/mol. The molecule has 4 nitrogen and oxygen atoms in total. The highest BCUT2D eigenvalue weighted by Gasteiger charge is 2.19. The van der Waals surface area contributed by atoms with Crippen LogP contribution in [-0.4, -0.2) is 38.0 Å². The summed E-state index contributed by atoms with van der Waals surface area (Å²) in [4.78, 5) is 13.6. The Morgan fingerprint density at radius 2 is 2.06 bits per heavy atom. The first kappa shape index (κ1) is 14.7. The number of hydrogen-bond acceptors (Lipinski definition) is 3. The summed E-state index contributed by atoms with van der Waals surface area (Å²) in [5, 5.41) is 3.22. The van der Waals surface area contributed by atoms with Crippen LogP contribution in [0.4, 0.5) is 0 Å². The highest BCUT2D eigenvalue weighted by Crippen LogP contribution is 2.20. The Morgan fingerprint density at radius 1 is 1.39 bits per heavy atom. The van der Waals surface area contributed by atoms with Crippen LogP contribution in [0.5, 0.6) is 0 Å². The van der Waals surface area contributed by atoms with Gasteiger partial charge in [0.2, 0.25) is 5.91 Å². The zero-order valence-corrected chi connectivity index (χ0v) is 11.7. The molecule has 1 rings (SSSR count). The zero-order chi connectivity index (χ0) is 13.7. The number of aryl methyl sites for hydroxylation is 1. The second kappa shape index (κ2) is 6.52. The second-order valence-corrected chi connectivity index (χ2v) is 4.88. The lowest BCUT2D eigenvalue weighted by Crippen LogP contribution is -2.37. The monoisotopic (exact) mass is 249 g/mol. The summed E-state index contributed by atoms with van der Waals surface area (Å²) in [6, 6.07) is 5.54. The number of amides is 1. The third kappa shape index (κ3) is 3.82. The van der Waals surface area contributed by atoms with Gasteiger partial charge < -0.3 is 16.0 Å². The summed E-state index contributed by atoms with van der Waals surface area (Å²) < 4.78 is 0. The van der Waals surface area contributed by atoms with Gasteiger partial charge in [0.1, 0.15) is 6.04 Å². The minimum absolute atomic E-state index is 0.331. The fourth-order valence-electron chi connectivity index (χ4n) is 1.88. The van der Waals surface area contributed by atoms with E-state index in [9.17, 15) is 4.79 Å². The third-order valence-electron chi connectivity index (χ3n) is 3.15. The fourth-order valence-corrected chi connectivity index (χ4v) is 1.88. The summed E-state index contributed by atoms with van der Waals surface area (Å²) in [5.41, 5.74) is 8.76. The van der Waals surface area contributed by atoms with Gasteiger partial charge in [0.05, 0.1) is 0 Å². The van der Waals surface area contributed by atoms with Crippen molar-refractivity contribution in [1.29, 1.82) is 0 Å². The van der Waals surface area contributed by atoms with Crippen LogP contribution >= 0.6 is 0 Å². The van der Waals surface area contributed by atoms with Crippen molar-refractivity contribution in [3.05, 3.63) is 34.9 Å². The molecule has 0 bridgehead atoms. The van der Waals surface area contributed by atoms with Gasteiger partial charge in [-0.05, 0) is 44.6 Å². The van der Waals surface area contributed by atoms with Crippen LogP contribution in [0, 0.1) is 13.8 Å². The van der Waals surface area contributed by atoms with Gasteiger partial charge in [0, 0.05) is 13.1 Å². The van der Waals surface area contributed by atoms with Crippen LogP contribution in [0.15, 0.2) is 18.2 Å². The molecule has 0 aromatic heterocycles. The van der Waals surface area contributed by atoms with E-state index in [-0.39, 0.29) is 5.91 Å². The largest absolute Gasteiger partial charge is 0.368 e. The number of likely N-dealkylation sites (N-methyl/N-ethyl adjacent to an activating group) is 1. The quantitative estimate of drug-likeness (QED) is 0.790. The van der Waals surface area contributed by atoms with Gasteiger partial charge in [0.25, 0.3) is 0 Å². The molecule has 1 aromatic carbocycles. The summed E-state index contributed by atoms with van der Waals surface area (Å²) in [6.45, 7) is 5.66. The maximum Gasteiger partial charge on any atom is 0.239 e. The first-order chi connectivity index (χ1) is 8.43. The Morgan fingerprint density at radius 3 is 2.61 bits per heavy atom. The molecule has 0 aliphatic heterocycles. The van der Waals surface area contributed by atoms with Crippen molar-refractivity contribution < 1.29 is 4.79 Å². The van der Waals surface area contributed by atoms with Crippen LogP contribution in [0.25, 0.3) is 0 Å². The van der Waals surface area contributed by atoms with E-state index in [1.165, 1.54) is 5.56 Å². The van der Waals surface area contributed by atoms with E-state index >= 15 is 0 Å². The Hall–Kier alpha value is -1.39. The molecule has 0 spiro atoms. The average molecular weight is 249 g/mol. The first-order valence-electron chi connectivity index (χ1n) is 6.17. The Kier molecular flexibility index (Phi) is 5.31. The van der Waals surface area contributed by atoms with Crippen molar-refractivity contribution in [3.63, 3.8) is 0 Å². The lowest BCUT2D eigenvalue weighted by Gasteiger charge is -2.20. The molecule has 0 aliphatic carbocycles. The maximum absolute atomic E-state index is 11.6. The van der Waals surface area contributed by atoms with Crippen molar-refractivity contribution in [3.8, 4) is 0 Å². The van der Waals surface area contributed by atoms with E-state index in [1.54, 1.807) is 0 Å². The molecule has 3 N–H and O–H groups in total. The van der Waals surface area contributed by atoms with Crippen LogP contribution in [-0.2, 0) is 4.79 Å². The summed E-state index contributed by atoms with van der Waals surface area (Å²) >= 11 is 0. The SMILES string of the molecule is Cc1cccc(C(NCCN(C)C)C(N)=O)c1C. The standard InChI is InChI=1S/C14H23N3O/c1-10-6-5-7-12(11(10)2)13(14(15)18)16-8-9-17(3)4/h5-7,13,16H,8-9H2,1-4H3,(H2,15,18). The summed E-state index contributed by atoms with van der Waals surface area (Å²) in [6.07, 6.45) is 0. The Labute approximate surface area is 109 Å². The number of carbonyl (C=O) groups is 1. The minimum Gasteiger partial charge on any atom is -0.368 e. The predicted octanol–water partition coefficient (Wildman–Crippen LogP) is 0.981. The van der Waals surface area contributed by atoms with E-state index in [0.717, 1.165) is 24.2 Å². The lowest BCUT2D eigenvalue weighted by molar-refractivity contribution is -0.120. The van der Waals surface area contributed by atoms with Crippen molar-refractivity contribution >= 4 is 5.91 Å². The van der Waals surface area contributed by atoms with Gasteiger partial charge >= 0.3 is 0 Å². The average Bonchev–Trinajstić information content (AvgIpc) is 2.28. The molecule has 4 heteroatoms. The number of nitrogens with one attached hydrogen (secondary N) is 1. The molecule has 0 saturated carbocycles. The third-order valence-corrected chi connectivity index (χ3v) is 3.15. The number of carbonyl (C=O) groups excluding carboxylic acids is 1. The van der Waals surface area contributed by atoms with Gasteiger partial charge in [-0.15, -0.1) is 0 Å². The number of nitrogens with two attached hydrogens (primary N) is 1. The molecule has 18 heavy (non-hydrogen) atoms. The minimum atomic E-state index is -0.412. The molecule has 0 radical (unpaired) electrons. The van der Waals surface area contributed by atoms with Crippen molar-refractivity contribution in [2.24, 2.45) is 5.73 Å². The lowest BCUT2D eigenvalue weighted by atomic mass is 9.97. The van der Waals surface area contributed by atoms with E-state index in [2.05, 4.69) is 10.2 Å². The van der Waals surface area contributed by atoms with E-state index < -0.39 is 6.04 Å². The Balaban J connectivity index is 2.84. The van der Waals surface area contributed by atoms with Crippen LogP contribution in [0.3, 0.4) is 0 Å². The molecule has 0 heterocycles. The van der Waals surface area contributed by atoms with Crippen LogP contribution in [0.1, 0.15) is 22.7 Å². The van der Waals surface area contributed by atoms with E-state index in [0.29, 0.717) is 0 Å². The van der Waals surface area contributed by atoms with Gasteiger partial charge in [-0.1, -0.05) is 18.2 Å². The molecule has 0 aliphatic rings. The first-order valence-corrected chi connectivity index (χ1v) is 6.17. The summed E-state index contributed by atoms with van der Waals surface area (Å²) in [7, 11) is 4.00. The van der Waals surface area contributed by atoms with Crippen molar-refractivity contribution in [1.82, 2.24) is 10.2 Å². The molecular formula is C14H23N3O. The van der Waals surface area contributed by atoms with Crippen LogP contribution in [0.2, 0.25) is 0 Å². The topological polar surface area (TPSA) is 58.4 Å². The highest BCUT2D eigenvalue weighted by atomic mass is 16.1. The number of rotatable bonds is 6. The van der Waals surface area contributed by atoms with Crippen LogP contribution < -0.4 is 11.1 Å². The molecule has 1 unspecified atom stereocenters. The number of hydrogen-bond donors (Lipinski definition) is 2. The number of primary amides is 1. The van der Waals surface area contributed by atoms with Crippen molar-refractivity contribution in [2.75, 3.05) is 27.2 Å². The highest BCUT2D eigenvalue weighted by molar-refractivity contribution is 5.82. The molecule has 0 saturated heterocycles. The number of benzene rings is 1. The molecule has 1 amide bonds. The van der Waals surface area contributed by atoms with Gasteiger partial charge in [0.15, 0.2) is 0 Å². The Bertz CT molecular complexity index is 416. The van der Waals surface area contributed by atoms with Gasteiger partial charge in [-0.25, -0.2) is 0 Å². The molecule has 100 valence electrons. The molecule has 0 fully saturated rings. The maximum atomic E-state index is 11.6. The van der Waals surface area contributed by atoms with E-state index in [4.69, 9.17) is 5.73 Å². The normalized spacial score (nSPS) is 12.7. The second-order valence-electron chi connectivity index (χ2n) is 4.88. The fraction of sp³-hybridized carbons (Fsp3) is 0.500. The summed E-state index contributed by atoms with van der Waals surface area (Å²) in [5.74, 6) is -0.331. The van der Waals surface area contributed by atoms with E-state index in [1.807, 2.05) is 46.1 Å². The molecular weight excluding hydrogens is 226 g/mol. The van der Waals surface area contributed by atoms with Crippen molar-refractivity contribution in [2.45, 2.75) is 19.9 Å². The van der Waals surface area contributed by atoms with Gasteiger partial charge in [-0.3, -0.25) is 4.79 Å². The van der Waals surface area contributed by atoms with Gasteiger partial charge in [-0.2, -0.15) is 0 Å².